The second kappa shape index (κ2) is 12.1. The summed E-state index contributed by atoms with van der Waals surface area (Å²) < 4.78 is 33.3. The molecule has 1 amide bonds. The lowest BCUT2D eigenvalue weighted by Gasteiger charge is -2.24. The Kier molecular flexibility index (Phi) is 9.21. The molecule has 9 heteroatoms. The minimum absolute atomic E-state index is 0.0392. The highest BCUT2D eigenvalue weighted by Crippen LogP contribution is 2.26. The highest BCUT2D eigenvalue weighted by Gasteiger charge is 2.27. The number of carbonyl (C=O) groups is 1. The first-order valence-electron chi connectivity index (χ1n) is 10.8. The van der Waals surface area contributed by atoms with Gasteiger partial charge in [-0.15, -0.1) is 0 Å². The average molecular weight is 521 g/mol. The van der Waals surface area contributed by atoms with Crippen LogP contribution in [0.5, 0.6) is 5.75 Å². The fourth-order valence-corrected chi connectivity index (χ4v) is 5.10. The molecule has 0 radical (unpaired) electrons. The summed E-state index contributed by atoms with van der Waals surface area (Å²) in [5.41, 5.74) is 1.35. The van der Waals surface area contributed by atoms with Crippen LogP contribution in [0.15, 0.2) is 77.7 Å². The fourth-order valence-electron chi connectivity index (χ4n) is 3.32. The van der Waals surface area contributed by atoms with E-state index >= 15 is 0 Å². The first kappa shape index (κ1) is 25.9. The molecule has 0 aliphatic carbocycles. The number of aryl methyl sites for hydroxylation is 1. The maximum Gasteiger partial charge on any atom is 0.264 e. The summed E-state index contributed by atoms with van der Waals surface area (Å²) in [5, 5.41) is 3.91. The first-order valence-corrected chi connectivity index (χ1v) is 13.0. The van der Waals surface area contributed by atoms with Gasteiger partial charge in [-0.25, -0.2) is 8.42 Å². The second-order valence-electron chi connectivity index (χ2n) is 7.44. The van der Waals surface area contributed by atoms with Gasteiger partial charge in [-0.2, -0.15) is 0 Å². The second-order valence-corrected chi connectivity index (χ2v) is 10.1. The minimum Gasteiger partial charge on any atom is -0.494 e. The van der Waals surface area contributed by atoms with Gasteiger partial charge in [-0.3, -0.25) is 9.10 Å². The van der Waals surface area contributed by atoms with Crippen LogP contribution in [0.1, 0.15) is 18.9 Å². The molecule has 0 aromatic heterocycles. The number of ether oxygens (including phenoxy) is 1. The van der Waals surface area contributed by atoms with Gasteiger partial charge in [0.1, 0.15) is 12.3 Å². The van der Waals surface area contributed by atoms with Gasteiger partial charge in [0.2, 0.25) is 5.91 Å². The highest BCUT2D eigenvalue weighted by atomic mass is 35.5. The summed E-state index contributed by atoms with van der Waals surface area (Å²) in [6, 6.07) is 19.9. The van der Waals surface area contributed by atoms with E-state index < -0.39 is 15.9 Å². The number of halogens is 2. The highest BCUT2D eigenvalue weighted by molar-refractivity contribution is 7.92. The Morgan fingerprint density at radius 1 is 0.971 bits per heavy atom. The van der Waals surface area contributed by atoms with Gasteiger partial charge in [-0.05, 0) is 79.9 Å². The van der Waals surface area contributed by atoms with Crippen molar-refractivity contribution in [1.82, 2.24) is 5.32 Å². The van der Waals surface area contributed by atoms with E-state index in [0.29, 0.717) is 47.5 Å². The zero-order chi connectivity index (χ0) is 24.6. The fraction of sp³-hybridized carbons (Fsp3) is 0.240. The van der Waals surface area contributed by atoms with E-state index in [9.17, 15) is 13.2 Å². The predicted octanol–water partition coefficient (Wildman–Crippen LogP) is 5.34. The molecule has 0 aliphatic heterocycles. The standard InChI is InChI=1S/C25H26Cl2N2O4S/c1-2-33-22-13-11-21(12-14-22)29(34(31,32)23-15-9-20(26)10-16-23)18-25(30)28-17-5-7-19-6-3-4-8-24(19)27/h3-4,6,8-16H,2,5,7,17-18H2,1H3,(H,28,30). The Bertz CT molecular complexity index is 1200. The molecule has 180 valence electrons. The van der Waals surface area contributed by atoms with E-state index in [1.807, 2.05) is 31.2 Å². The van der Waals surface area contributed by atoms with Crippen molar-refractivity contribution in [1.29, 1.82) is 0 Å². The molecule has 0 atom stereocenters. The van der Waals surface area contributed by atoms with Gasteiger partial charge in [-0.1, -0.05) is 41.4 Å². The van der Waals surface area contributed by atoms with Gasteiger partial charge in [0.15, 0.2) is 0 Å². The number of nitrogens with one attached hydrogen (secondary N) is 1. The Morgan fingerprint density at radius 3 is 2.29 bits per heavy atom. The Morgan fingerprint density at radius 2 is 1.65 bits per heavy atom. The number of hydrogen-bond acceptors (Lipinski definition) is 4. The molecule has 0 unspecified atom stereocenters. The van der Waals surface area contributed by atoms with Crippen LogP contribution < -0.4 is 14.4 Å². The Balaban J connectivity index is 1.73. The third-order valence-electron chi connectivity index (χ3n) is 5.03. The van der Waals surface area contributed by atoms with Crippen LogP contribution in [0.4, 0.5) is 5.69 Å². The molecule has 1 N–H and O–H groups in total. The van der Waals surface area contributed by atoms with E-state index in [2.05, 4.69) is 5.32 Å². The zero-order valence-electron chi connectivity index (χ0n) is 18.7. The zero-order valence-corrected chi connectivity index (χ0v) is 21.0. The first-order chi connectivity index (χ1) is 16.3. The Hall–Kier alpha value is -2.74. The summed E-state index contributed by atoms with van der Waals surface area (Å²) in [7, 11) is -4.01. The lowest BCUT2D eigenvalue weighted by atomic mass is 10.1. The molecular formula is C25H26Cl2N2O4S. The smallest absolute Gasteiger partial charge is 0.264 e. The van der Waals surface area contributed by atoms with Gasteiger partial charge < -0.3 is 10.1 Å². The van der Waals surface area contributed by atoms with Crippen molar-refractivity contribution in [2.75, 3.05) is 24.0 Å². The van der Waals surface area contributed by atoms with Gasteiger partial charge in [0, 0.05) is 16.6 Å². The van der Waals surface area contributed by atoms with Crippen LogP contribution in [0.3, 0.4) is 0 Å². The van der Waals surface area contributed by atoms with Gasteiger partial charge in [0.05, 0.1) is 17.2 Å². The van der Waals surface area contributed by atoms with Crippen LogP contribution in [-0.2, 0) is 21.2 Å². The topological polar surface area (TPSA) is 75.7 Å². The molecule has 0 saturated carbocycles. The largest absolute Gasteiger partial charge is 0.494 e. The molecule has 3 aromatic carbocycles. The molecule has 34 heavy (non-hydrogen) atoms. The van der Waals surface area contributed by atoms with Crippen molar-refractivity contribution in [3.63, 3.8) is 0 Å². The van der Waals surface area contributed by atoms with E-state index in [1.165, 1.54) is 24.3 Å². The van der Waals surface area contributed by atoms with Crippen molar-refractivity contribution in [3.8, 4) is 5.75 Å². The molecule has 0 heterocycles. The van der Waals surface area contributed by atoms with Crippen LogP contribution in [0, 0.1) is 0 Å². The molecule has 3 rings (SSSR count). The van der Waals surface area contributed by atoms with Crippen molar-refractivity contribution in [2.45, 2.75) is 24.7 Å². The van der Waals surface area contributed by atoms with Gasteiger partial charge >= 0.3 is 0 Å². The lowest BCUT2D eigenvalue weighted by Crippen LogP contribution is -2.41. The van der Waals surface area contributed by atoms with Crippen molar-refractivity contribution >= 4 is 44.8 Å². The normalized spacial score (nSPS) is 11.1. The molecule has 0 saturated heterocycles. The number of nitrogens with zero attached hydrogens (tertiary/aromatic N) is 1. The summed E-state index contributed by atoms with van der Waals surface area (Å²) >= 11 is 12.1. The Labute approximate surface area is 210 Å². The SMILES string of the molecule is CCOc1ccc(N(CC(=O)NCCCc2ccccc2Cl)S(=O)(=O)c2ccc(Cl)cc2)cc1. The molecule has 6 nitrogen and oxygen atoms in total. The van der Waals surface area contributed by atoms with E-state index in [1.54, 1.807) is 24.3 Å². The van der Waals surface area contributed by atoms with E-state index in [4.69, 9.17) is 27.9 Å². The monoisotopic (exact) mass is 520 g/mol. The summed E-state index contributed by atoms with van der Waals surface area (Å²) in [4.78, 5) is 12.8. The third kappa shape index (κ3) is 6.88. The summed E-state index contributed by atoms with van der Waals surface area (Å²) in [5.74, 6) is 0.199. The molecule has 0 spiro atoms. The molecule has 0 aliphatic rings. The average Bonchev–Trinajstić information content (AvgIpc) is 2.82. The number of amides is 1. The summed E-state index contributed by atoms with van der Waals surface area (Å²) in [6.45, 7) is 2.37. The maximum absolute atomic E-state index is 13.4. The summed E-state index contributed by atoms with van der Waals surface area (Å²) in [6.07, 6.45) is 1.37. The maximum atomic E-state index is 13.4. The lowest BCUT2D eigenvalue weighted by molar-refractivity contribution is -0.119. The van der Waals surface area contributed by atoms with Crippen molar-refractivity contribution in [2.24, 2.45) is 0 Å². The number of carbonyl (C=O) groups excluding carboxylic acids is 1. The van der Waals surface area contributed by atoms with E-state index in [-0.39, 0.29) is 11.4 Å². The molecule has 0 bridgehead atoms. The minimum atomic E-state index is -4.01. The van der Waals surface area contributed by atoms with Crippen LogP contribution in [0.25, 0.3) is 0 Å². The third-order valence-corrected chi connectivity index (χ3v) is 7.44. The number of hydrogen-bond donors (Lipinski definition) is 1. The predicted molar refractivity (Wildman–Crippen MR) is 136 cm³/mol. The van der Waals surface area contributed by atoms with Gasteiger partial charge in [0.25, 0.3) is 10.0 Å². The molecular weight excluding hydrogens is 495 g/mol. The number of benzene rings is 3. The number of anilines is 1. The molecule has 0 fully saturated rings. The number of sulfonamides is 1. The van der Waals surface area contributed by atoms with Crippen LogP contribution in [0.2, 0.25) is 10.0 Å². The van der Waals surface area contributed by atoms with Crippen LogP contribution >= 0.6 is 23.2 Å². The van der Waals surface area contributed by atoms with E-state index in [0.717, 1.165) is 9.87 Å². The van der Waals surface area contributed by atoms with Crippen molar-refractivity contribution < 1.29 is 17.9 Å². The number of rotatable bonds is 11. The van der Waals surface area contributed by atoms with Crippen LogP contribution in [-0.4, -0.2) is 34.0 Å². The molecule has 3 aromatic rings. The quantitative estimate of drug-likeness (QED) is 0.346. The van der Waals surface area contributed by atoms with Crippen molar-refractivity contribution in [3.05, 3.63) is 88.4 Å².